The highest BCUT2D eigenvalue weighted by Gasteiger charge is 2.05. The van der Waals surface area contributed by atoms with Crippen molar-refractivity contribution < 1.29 is 13.2 Å². The van der Waals surface area contributed by atoms with Gasteiger partial charge in [-0.05, 0) is 12.8 Å². The van der Waals surface area contributed by atoms with E-state index in [2.05, 4.69) is 6.92 Å². The highest BCUT2D eigenvalue weighted by atomic mass is 32.2. The van der Waals surface area contributed by atoms with Crippen LogP contribution >= 0.6 is 0 Å². The fourth-order valence-electron chi connectivity index (χ4n) is 1.88. The molecule has 2 N–H and O–H groups in total. The van der Waals surface area contributed by atoms with Gasteiger partial charge in [0, 0.05) is 0 Å². The van der Waals surface area contributed by atoms with Crippen molar-refractivity contribution >= 4 is 21.1 Å². The average molecular weight is 275 g/mol. The third kappa shape index (κ3) is 10.3. The third-order valence-electron chi connectivity index (χ3n) is 2.92. The minimum Gasteiger partial charge on any atom is -0.369 e. The first-order valence-corrected chi connectivity index (χ1v) is 7.87. The maximum atomic E-state index is 10.8. The van der Waals surface area contributed by atoms with Crippen molar-refractivity contribution in [2.24, 2.45) is 5.73 Å². The van der Waals surface area contributed by atoms with E-state index in [9.17, 15) is 13.2 Å². The summed E-state index contributed by atoms with van der Waals surface area (Å²) in [6.45, 7) is 2.19. The third-order valence-corrected chi connectivity index (χ3v) is 3.74. The molecule has 0 heterocycles. The van der Waals surface area contributed by atoms with Gasteiger partial charge in [0.2, 0.25) is 16.2 Å². The molecule has 5 heteroatoms. The molecule has 0 unspecified atom stereocenters. The van der Waals surface area contributed by atoms with Crippen molar-refractivity contribution in [1.29, 1.82) is 0 Å². The first kappa shape index (κ1) is 17.2. The molecular formula is C13H25NO3S. The molecule has 0 saturated heterocycles. The number of carbonyl (C=O) groups is 1. The van der Waals surface area contributed by atoms with E-state index in [1.807, 2.05) is 0 Å². The Morgan fingerprint density at radius 2 is 1.44 bits per heavy atom. The zero-order valence-corrected chi connectivity index (χ0v) is 12.1. The number of hydrogen-bond donors (Lipinski definition) is 1. The van der Waals surface area contributed by atoms with Gasteiger partial charge in [-0.1, -0.05) is 51.9 Å². The van der Waals surface area contributed by atoms with Gasteiger partial charge in [-0.3, -0.25) is 4.79 Å². The molecule has 1 amide bonds. The first-order chi connectivity index (χ1) is 8.57. The number of unbranched alkanes of at least 4 members (excludes halogenated alkanes) is 7. The summed E-state index contributed by atoms with van der Waals surface area (Å²) >= 11 is 0. The van der Waals surface area contributed by atoms with Gasteiger partial charge >= 0.3 is 0 Å². The van der Waals surface area contributed by atoms with Crippen LogP contribution in [0.5, 0.6) is 0 Å². The molecule has 0 fully saturated rings. The van der Waals surface area contributed by atoms with Crippen LogP contribution in [0.1, 0.15) is 71.1 Å². The summed E-state index contributed by atoms with van der Waals surface area (Å²) in [5.74, 6) is -0.575. The molecule has 18 heavy (non-hydrogen) atoms. The van der Waals surface area contributed by atoms with Gasteiger partial charge in [-0.15, -0.1) is 0 Å². The number of hydrogen-bond acceptors (Lipinski definition) is 3. The summed E-state index contributed by atoms with van der Waals surface area (Å²) in [5, 5.41) is 0. The van der Waals surface area contributed by atoms with E-state index in [-0.39, 0.29) is 11.3 Å². The molecule has 106 valence electrons. The van der Waals surface area contributed by atoms with Crippen LogP contribution in [0.15, 0.2) is 0 Å². The normalized spacial score (nSPS) is 10.3. The van der Waals surface area contributed by atoms with Crippen molar-refractivity contribution in [1.82, 2.24) is 0 Å². The van der Waals surface area contributed by atoms with E-state index in [1.54, 1.807) is 0 Å². The summed E-state index contributed by atoms with van der Waals surface area (Å²) in [6, 6.07) is 0. The number of carbonyl (C=O) groups excluding carboxylic acids is 1. The van der Waals surface area contributed by atoms with Gasteiger partial charge in [-0.25, -0.2) is 0 Å². The Kier molecular flexibility index (Phi) is 10.7. The van der Waals surface area contributed by atoms with Crippen molar-refractivity contribution in [2.75, 3.05) is 0 Å². The van der Waals surface area contributed by atoms with E-state index >= 15 is 0 Å². The van der Waals surface area contributed by atoms with Crippen LogP contribution in [0.3, 0.4) is 0 Å². The SMILES string of the molecule is CCCCCCCCCCC(CC(N)=O)=S(=O)=O. The molecule has 0 saturated carbocycles. The Morgan fingerprint density at radius 3 is 1.89 bits per heavy atom. The molecule has 0 aliphatic rings. The van der Waals surface area contributed by atoms with Crippen LogP contribution in [0.2, 0.25) is 0 Å². The van der Waals surface area contributed by atoms with Crippen LogP contribution in [0.25, 0.3) is 0 Å². The predicted octanol–water partition coefficient (Wildman–Crippen LogP) is 2.44. The van der Waals surface area contributed by atoms with Gasteiger partial charge in [0.05, 0.1) is 11.3 Å². The molecule has 0 atom stereocenters. The molecule has 0 aromatic rings. The van der Waals surface area contributed by atoms with Crippen molar-refractivity contribution in [3.05, 3.63) is 0 Å². The van der Waals surface area contributed by atoms with Crippen LogP contribution in [-0.4, -0.2) is 19.2 Å². The van der Waals surface area contributed by atoms with Crippen molar-refractivity contribution in [3.8, 4) is 0 Å². The molecule has 0 aliphatic carbocycles. The molecule has 0 aromatic carbocycles. The maximum Gasteiger partial charge on any atom is 0.222 e. The minimum absolute atomic E-state index is 0.132. The maximum absolute atomic E-state index is 10.8. The summed E-state index contributed by atoms with van der Waals surface area (Å²) in [4.78, 5) is 10.9. The van der Waals surface area contributed by atoms with E-state index in [4.69, 9.17) is 5.73 Å². The minimum atomic E-state index is -2.27. The first-order valence-electron chi connectivity index (χ1n) is 6.80. The predicted molar refractivity (Wildman–Crippen MR) is 75.0 cm³/mol. The Labute approximate surface area is 111 Å². The summed E-state index contributed by atoms with van der Waals surface area (Å²) in [7, 11) is -2.27. The standard InChI is InChI=1S/C13H25NO3S/c1-2-3-4-5-6-7-8-9-10-12(18(16)17)11-13(14)15/h2-11H2,1H3,(H2,14,15). The molecule has 4 nitrogen and oxygen atoms in total. The summed E-state index contributed by atoms with van der Waals surface area (Å²) in [6.07, 6.45) is 9.63. The fourth-order valence-corrected chi connectivity index (χ4v) is 2.45. The lowest BCUT2D eigenvalue weighted by Crippen LogP contribution is -2.16. The lowest BCUT2D eigenvalue weighted by Gasteiger charge is -2.02. The second-order valence-electron chi connectivity index (χ2n) is 4.64. The van der Waals surface area contributed by atoms with Gasteiger partial charge < -0.3 is 5.73 Å². The lowest BCUT2D eigenvalue weighted by atomic mass is 10.1. The molecular weight excluding hydrogens is 250 g/mol. The number of primary amides is 1. The monoisotopic (exact) mass is 275 g/mol. The number of amides is 1. The lowest BCUT2D eigenvalue weighted by molar-refractivity contribution is -0.116. The van der Waals surface area contributed by atoms with Crippen LogP contribution in [0, 0.1) is 0 Å². The zero-order chi connectivity index (χ0) is 13.8. The Bertz CT molecular complexity index is 352. The molecule has 0 aliphatic heterocycles. The number of rotatable bonds is 11. The Balaban J connectivity index is 3.64. The second-order valence-corrected chi connectivity index (χ2v) is 5.69. The van der Waals surface area contributed by atoms with Gasteiger partial charge in [-0.2, -0.15) is 8.42 Å². The highest BCUT2D eigenvalue weighted by molar-refractivity contribution is 7.73. The second kappa shape index (κ2) is 11.3. The van der Waals surface area contributed by atoms with Gasteiger partial charge in [0.1, 0.15) is 0 Å². The zero-order valence-electron chi connectivity index (χ0n) is 11.3. The van der Waals surface area contributed by atoms with E-state index in [0.717, 1.165) is 19.3 Å². The highest BCUT2D eigenvalue weighted by Crippen LogP contribution is 2.10. The topological polar surface area (TPSA) is 77.2 Å². The molecule has 0 bridgehead atoms. The molecule has 0 aromatic heterocycles. The van der Waals surface area contributed by atoms with Crippen LogP contribution in [-0.2, 0) is 15.1 Å². The molecule has 0 rings (SSSR count). The summed E-state index contributed by atoms with van der Waals surface area (Å²) in [5.41, 5.74) is 5.00. The van der Waals surface area contributed by atoms with Gasteiger partial charge in [0.25, 0.3) is 0 Å². The Morgan fingerprint density at radius 1 is 0.944 bits per heavy atom. The number of nitrogens with two attached hydrogens (primary N) is 1. The van der Waals surface area contributed by atoms with Crippen molar-refractivity contribution in [3.63, 3.8) is 0 Å². The van der Waals surface area contributed by atoms with E-state index < -0.39 is 16.2 Å². The smallest absolute Gasteiger partial charge is 0.222 e. The van der Waals surface area contributed by atoms with E-state index in [0.29, 0.717) is 6.42 Å². The van der Waals surface area contributed by atoms with Crippen molar-refractivity contribution in [2.45, 2.75) is 71.1 Å². The van der Waals surface area contributed by atoms with Gasteiger partial charge in [0.15, 0.2) is 0 Å². The Hall–Kier alpha value is -0.840. The molecule has 0 spiro atoms. The molecule has 0 radical (unpaired) electrons. The quantitative estimate of drug-likeness (QED) is 0.465. The van der Waals surface area contributed by atoms with Crippen LogP contribution in [0.4, 0.5) is 0 Å². The fraction of sp³-hybridized carbons (Fsp3) is 0.846. The van der Waals surface area contributed by atoms with E-state index in [1.165, 1.54) is 32.1 Å². The largest absolute Gasteiger partial charge is 0.369 e. The van der Waals surface area contributed by atoms with Crippen LogP contribution < -0.4 is 5.73 Å². The average Bonchev–Trinajstić information content (AvgIpc) is 2.30. The summed E-state index contributed by atoms with van der Waals surface area (Å²) < 4.78 is 21.7.